The van der Waals surface area contributed by atoms with Gasteiger partial charge in [-0.25, -0.2) is 0 Å². The number of nitrogens with two attached hydrogens (primary N) is 1. The minimum Gasteiger partial charge on any atom is -0.497 e. The predicted octanol–water partition coefficient (Wildman–Crippen LogP) is 0.610. The van der Waals surface area contributed by atoms with Crippen molar-refractivity contribution in [1.82, 2.24) is 4.90 Å². The van der Waals surface area contributed by atoms with E-state index in [9.17, 15) is 14.4 Å². The maximum atomic E-state index is 13.5. The summed E-state index contributed by atoms with van der Waals surface area (Å²) in [7, 11) is 1.59. The van der Waals surface area contributed by atoms with Gasteiger partial charge in [-0.3, -0.25) is 19.3 Å². The van der Waals surface area contributed by atoms with Gasteiger partial charge in [0.2, 0.25) is 17.4 Å². The maximum absolute atomic E-state index is 13.5. The first-order valence-electron chi connectivity index (χ1n) is 9.72. The van der Waals surface area contributed by atoms with Crippen LogP contribution in [0.3, 0.4) is 0 Å². The molecule has 29 heavy (non-hydrogen) atoms. The van der Waals surface area contributed by atoms with Crippen LogP contribution in [-0.4, -0.2) is 35.8 Å². The van der Waals surface area contributed by atoms with Gasteiger partial charge in [-0.1, -0.05) is 30.3 Å². The first kappa shape index (κ1) is 17.9. The SMILES string of the molecule is COc1ccc(CN2C(=O)[C@H]3[C@@H](C2=O)[C@]2([NH2+][C@@H]3C)C(=O)Nc3ccccc32)cc1. The van der Waals surface area contributed by atoms with Crippen molar-refractivity contribution in [2.75, 3.05) is 12.4 Å². The van der Waals surface area contributed by atoms with Gasteiger partial charge < -0.3 is 15.4 Å². The molecule has 4 atom stereocenters. The highest BCUT2D eigenvalue weighted by molar-refractivity contribution is 6.13. The summed E-state index contributed by atoms with van der Waals surface area (Å²) in [4.78, 5) is 41.1. The van der Waals surface area contributed by atoms with Crippen LogP contribution in [0.25, 0.3) is 0 Å². The van der Waals surface area contributed by atoms with Crippen LogP contribution in [0.5, 0.6) is 5.75 Å². The molecule has 148 valence electrons. The van der Waals surface area contributed by atoms with E-state index in [-0.39, 0.29) is 30.3 Å². The van der Waals surface area contributed by atoms with Crippen molar-refractivity contribution in [3.63, 3.8) is 0 Å². The van der Waals surface area contributed by atoms with E-state index in [4.69, 9.17) is 4.74 Å². The number of carbonyl (C=O) groups excluding carboxylic acids is 3. The molecule has 2 saturated heterocycles. The molecule has 2 fully saturated rings. The Hall–Kier alpha value is -3.19. The Labute approximate surface area is 168 Å². The molecule has 0 unspecified atom stereocenters. The van der Waals surface area contributed by atoms with Crippen molar-refractivity contribution >= 4 is 23.4 Å². The van der Waals surface area contributed by atoms with Gasteiger partial charge in [0, 0.05) is 5.56 Å². The molecular formula is C22H22N3O4+. The summed E-state index contributed by atoms with van der Waals surface area (Å²) in [6, 6.07) is 14.6. The lowest BCUT2D eigenvalue weighted by molar-refractivity contribution is -0.730. The molecule has 7 heteroatoms. The average Bonchev–Trinajstić information content (AvgIpc) is 3.28. The summed E-state index contributed by atoms with van der Waals surface area (Å²) in [6.07, 6.45) is 0. The molecule has 7 nitrogen and oxygen atoms in total. The smallest absolute Gasteiger partial charge is 0.291 e. The normalized spacial score (nSPS) is 29.9. The number of rotatable bonds is 3. The molecule has 2 aromatic carbocycles. The molecule has 0 radical (unpaired) electrons. The number of hydrogen-bond donors (Lipinski definition) is 2. The van der Waals surface area contributed by atoms with Crippen molar-refractivity contribution in [1.29, 1.82) is 0 Å². The number of imide groups is 1. The Morgan fingerprint density at radius 1 is 1.07 bits per heavy atom. The quantitative estimate of drug-likeness (QED) is 0.749. The number of quaternary nitrogens is 1. The summed E-state index contributed by atoms with van der Waals surface area (Å²) < 4.78 is 5.17. The van der Waals surface area contributed by atoms with Crippen LogP contribution in [0, 0.1) is 11.8 Å². The Bertz CT molecular complexity index is 1030. The highest BCUT2D eigenvalue weighted by atomic mass is 16.5. The highest BCUT2D eigenvalue weighted by Gasteiger charge is 2.73. The molecule has 3 aliphatic heterocycles. The zero-order chi connectivity index (χ0) is 20.3. The zero-order valence-electron chi connectivity index (χ0n) is 16.2. The molecular weight excluding hydrogens is 370 g/mol. The van der Waals surface area contributed by atoms with Gasteiger partial charge in [0.25, 0.3) is 5.91 Å². The second-order valence-electron chi connectivity index (χ2n) is 8.01. The van der Waals surface area contributed by atoms with Gasteiger partial charge in [-0.2, -0.15) is 0 Å². The van der Waals surface area contributed by atoms with Crippen molar-refractivity contribution in [3.05, 3.63) is 59.7 Å². The second kappa shape index (κ2) is 6.15. The molecule has 5 rings (SSSR count). The van der Waals surface area contributed by atoms with Crippen molar-refractivity contribution < 1.29 is 24.4 Å². The molecule has 0 bridgehead atoms. The van der Waals surface area contributed by atoms with E-state index in [1.165, 1.54) is 4.90 Å². The van der Waals surface area contributed by atoms with Crippen LogP contribution in [0.1, 0.15) is 18.1 Å². The van der Waals surface area contributed by atoms with Gasteiger partial charge in [-0.05, 0) is 30.7 Å². The number of fused-ring (bicyclic) bond motifs is 4. The monoisotopic (exact) mass is 392 g/mol. The van der Waals surface area contributed by atoms with E-state index in [0.717, 1.165) is 16.8 Å². The zero-order valence-corrected chi connectivity index (χ0v) is 16.2. The minimum atomic E-state index is -1.08. The maximum Gasteiger partial charge on any atom is 0.291 e. The molecule has 1 spiro atoms. The fourth-order valence-electron chi connectivity index (χ4n) is 5.23. The van der Waals surface area contributed by atoms with Gasteiger partial charge in [0.15, 0.2) is 0 Å². The van der Waals surface area contributed by atoms with Gasteiger partial charge in [0.1, 0.15) is 17.6 Å². The predicted molar refractivity (Wildman–Crippen MR) is 104 cm³/mol. The van der Waals surface area contributed by atoms with E-state index in [2.05, 4.69) is 5.32 Å². The molecule has 0 aromatic heterocycles. The lowest BCUT2D eigenvalue weighted by Gasteiger charge is -2.25. The lowest BCUT2D eigenvalue weighted by Crippen LogP contribution is -2.98. The standard InChI is InChI=1S/C22H21N3O4/c1-12-17-18(22(24-12)15-5-3-4-6-16(15)23-21(22)28)20(27)25(19(17)26)11-13-7-9-14(29-2)10-8-13/h3-10,12,17-18,24H,11H2,1-2H3,(H,23,28)/p+1/t12-,17-,18+,22+/m1/s1. The van der Waals surface area contributed by atoms with Crippen molar-refractivity contribution in [2.24, 2.45) is 11.8 Å². The number of carbonyl (C=O) groups is 3. The Morgan fingerprint density at radius 3 is 2.52 bits per heavy atom. The lowest BCUT2D eigenvalue weighted by atomic mass is 9.76. The third-order valence-electron chi connectivity index (χ3n) is 6.52. The molecule has 0 aliphatic carbocycles. The fraction of sp³-hybridized carbons (Fsp3) is 0.318. The third kappa shape index (κ3) is 2.31. The number of hydrogen-bond acceptors (Lipinski definition) is 4. The summed E-state index contributed by atoms with van der Waals surface area (Å²) in [6.45, 7) is 2.11. The molecule has 3 amide bonds. The average molecular weight is 392 g/mol. The number of amides is 3. The number of benzene rings is 2. The number of para-hydroxylation sites is 1. The number of nitrogens with zero attached hydrogens (tertiary/aromatic N) is 1. The van der Waals surface area contributed by atoms with Gasteiger partial charge >= 0.3 is 0 Å². The Morgan fingerprint density at radius 2 is 1.79 bits per heavy atom. The van der Waals surface area contributed by atoms with E-state index in [1.807, 2.05) is 48.6 Å². The van der Waals surface area contributed by atoms with Crippen LogP contribution in [0.15, 0.2) is 48.5 Å². The topological polar surface area (TPSA) is 92.3 Å². The van der Waals surface area contributed by atoms with E-state index < -0.39 is 17.4 Å². The van der Waals surface area contributed by atoms with E-state index in [1.54, 1.807) is 19.2 Å². The van der Waals surface area contributed by atoms with E-state index >= 15 is 0 Å². The van der Waals surface area contributed by atoms with Gasteiger partial charge in [0.05, 0.1) is 25.4 Å². The minimum absolute atomic E-state index is 0.172. The molecule has 3 aliphatic rings. The first-order chi connectivity index (χ1) is 14.0. The number of methoxy groups -OCH3 is 1. The molecule has 0 saturated carbocycles. The Kier molecular flexibility index (Phi) is 3.79. The fourth-order valence-corrected chi connectivity index (χ4v) is 5.23. The number of anilines is 1. The molecule has 3 N–H and O–H groups in total. The van der Waals surface area contributed by atoms with Crippen LogP contribution in [0.2, 0.25) is 0 Å². The molecule has 3 heterocycles. The van der Waals surface area contributed by atoms with Crippen LogP contribution in [-0.2, 0) is 26.5 Å². The van der Waals surface area contributed by atoms with Crippen molar-refractivity contribution in [3.8, 4) is 5.75 Å². The van der Waals surface area contributed by atoms with Crippen molar-refractivity contribution in [2.45, 2.75) is 25.0 Å². The summed E-state index contributed by atoms with van der Waals surface area (Å²) >= 11 is 0. The summed E-state index contributed by atoms with van der Waals surface area (Å²) in [5, 5.41) is 4.82. The first-order valence-corrected chi connectivity index (χ1v) is 9.72. The number of likely N-dealkylation sites (tertiary alicyclic amines) is 1. The summed E-state index contributed by atoms with van der Waals surface area (Å²) in [5.74, 6) is -1.20. The van der Waals surface area contributed by atoms with Gasteiger partial charge in [-0.15, -0.1) is 0 Å². The largest absolute Gasteiger partial charge is 0.497 e. The van der Waals surface area contributed by atoms with Crippen LogP contribution in [0.4, 0.5) is 5.69 Å². The third-order valence-corrected chi connectivity index (χ3v) is 6.52. The number of ether oxygens (including phenoxy) is 1. The second-order valence-corrected chi connectivity index (χ2v) is 8.01. The van der Waals surface area contributed by atoms with Crippen LogP contribution < -0.4 is 15.4 Å². The highest BCUT2D eigenvalue weighted by Crippen LogP contribution is 2.49. The van der Waals surface area contributed by atoms with E-state index in [0.29, 0.717) is 5.75 Å². The molecule has 2 aromatic rings. The Balaban J connectivity index is 1.53. The van der Waals surface area contributed by atoms with Crippen LogP contribution >= 0.6 is 0 Å². The number of nitrogens with one attached hydrogen (secondary N) is 1. The summed E-state index contributed by atoms with van der Waals surface area (Å²) in [5.41, 5.74) is 1.27.